The summed E-state index contributed by atoms with van der Waals surface area (Å²) in [6.07, 6.45) is 6.19. The van der Waals surface area contributed by atoms with Gasteiger partial charge in [-0.05, 0) is 105 Å². The number of aliphatic hydroxyl groups excluding tert-OH is 1. The van der Waals surface area contributed by atoms with Crippen molar-refractivity contribution >= 4 is 16.9 Å². The fraction of sp³-hybridized carbons (Fsp3) is 0.467. The number of hydrogen-bond acceptors (Lipinski definition) is 6. The van der Waals surface area contributed by atoms with Crippen molar-refractivity contribution in [3.63, 3.8) is 0 Å². The quantitative estimate of drug-likeness (QED) is 0.330. The number of fused-ring (bicyclic) bond motifs is 1. The highest BCUT2D eigenvalue weighted by molar-refractivity contribution is 5.83. The molecule has 198 valence electrons. The van der Waals surface area contributed by atoms with Crippen LogP contribution in [0.2, 0.25) is 0 Å². The Morgan fingerprint density at radius 3 is 2.57 bits per heavy atom. The number of ether oxygens (including phenoxy) is 2. The highest BCUT2D eigenvalue weighted by Gasteiger charge is 2.34. The molecular formula is C30H38N2O5. The van der Waals surface area contributed by atoms with E-state index in [-0.39, 0.29) is 5.92 Å². The van der Waals surface area contributed by atoms with Gasteiger partial charge < -0.3 is 24.6 Å². The van der Waals surface area contributed by atoms with Crippen LogP contribution in [0.5, 0.6) is 11.5 Å². The first-order chi connectivity index (χ1) is 18.0. The topological polar surface area (TPSA) is 92.1 Å². The number of carbonyl (C=O) groups is 1. The lowest BCUT2D eigenvalue weighted by Gasteiger charge is -2.37. The number of carboxylic acids is 1. The molecule has 37 heavy (non-hydrogen) atoms. The Bertz CT molecular complexity index is 1170. The fourth-order valence-corrected chi connectivity index (χ4v) is 5.44. The van der Waals surface area contributed by atoms with Gasteiger partial charge >= 0.3 is 5.97 Å². The van der Waals surface area contributed by atoms with Crippen LogP contribution in [0.4, 0.5) is 0 Å². The summed E-state index contributed by atoms with van der Waals surface area (Å²) in [5.74, 6) is 0.508. The molecule has 1 aliphatic rings. The zero-order chi connectivity index (χ0) is 26.2. The van der Waals surface area contributed by atoms with Crippen molar-refractivity contribution in [3.8, 4) is 11.5 Å². The van der Waals surface area contributed by atoms with Gasteiger partial charge in [0.15, 0.2) is 0 Å². The predicted octanol–water partition coefficient (Wildman–Crippen LogP) is 5.11. The van der Waals surface area contributed by atoms with Crippen LogP contribution in [0, 0.1) is 11.8 Å². The lowest BCUT2D eigenvalue weighted by molar-refractivity contribution is -0.146. The molecule has 1 saturated heterocycles. The normalized spacial score (nSPS) is 19.0. The van der Waals surface area contributed by atoms with E-state index in [0.717, 1.165) is 66.7 Å². The van der Waals surface area contributed by atoms with Crippen LogP contribution in [-0.4, -0.2) is 59.9 Å². The van der Waals surface area contributed by atoms with E-state index in [1.54, 1.807) is 20.4 Å². The molecular weight excluding hydrogens is 468 g/mol. The zero-order valence-electron chi connectivity index (χ0n) is 21.8. The van der Waals surface area contributed by atoms with E-state index in [9.17, 15) is 15.0 Å². The first-order valence-corrected chi connectivity index (χ1v) is 13.2. The SMILES string of the molecule is COc1ccc(CCCCN2CC[C@@H](CCC(O)c3ccnc4ccc(OC)cc34)[C@@H](C(=O)O)C2)cc1. The second kappa shape index (κ2) is 12.9. The highest BCUT2D eigenvalue weighted by Crippen LogP contribution is 2.34. The maximum atomic E-state index is 12.1. The number of pyridine rings is 1. The van der Waals surface area contributed by atoms with Crippen LogP contribution in [0.1, 0.15) is 49.3 Å². The van der Waals surface area contributed by atoms with Gasteiger partial charge in [-0.3, -0.25) is 9.78 Å². The number of aliphatic hydroxyl groups is 1. The lowest BCUT2D eigenvalue weighted by Crippen LogP contribution is -2.44. The third-order valence-electron chi connectivity index (χ3n) is 7.66. The average Bonchev–Trinajstić information content (AvgIpc) is 2.93. The summed E-state index contributed by atoms with van der Waals surface area (Å²) in [5, 5.41) is 21.8. The van der Waals surface area contributed by atoms with E-state index in [2.05, 4.69) is 22.0 Å². The Balaban J connectivity index is 1.27. The zero-order valence-corrected chi connectivity index (χ0v) is 21.8. The predicted molar refractivity (Wildman–Crippen MR) is 144 cm³/mol. The van der Waals surface area contributed by atoms with Gasteiger partial charge in [-0.1, -0.05) is 12.1 Å². The Morgan fingerprint density at radius 2 is 1.84 bits per heavy atom. The number of nitrogens with zero attached hydrogens (tertiary/aromatic N) is 2. The van der Waals surface area contributed by atoms with Crippen LogP contribution in [0.3, 0.4) is 0 Å². The largest absolute Gasteiger partial charge is 0.497 e. The fourth-order valence-electron chi connectivity index (χ4n) is 5.44. The molecule has 0 aliphatic carbocycles. The number of rotatable bonds is 12. The number of likely N-dealkylation sites (tertiary alicyclic amines) is 1. The molecule has 2 heterocycles. The smallest absolute Gasteiger partial charge is 0.308 e. The summed E-state index contributed by atoms with van der Waals surface area (Å²) >= 11 is 0. The molecule has 1 fully saturated rings. The monoisotopic (exact) mass is 506 g/mol. The van der Waals surface area contributed by atoms with Gasteiger partial charge in [0, 0.05) is 18.1 Å². The van der Waals surface area contributed by atoms with Gasteiger partial charge in [-0.25, -0.2) is 0 Å². The van der Waals surface area contributed by atoms with Gasteiger partial charge in [0.1, 0.15) is 11.5 Å². The van der Waals surface area contributed by atoms with Crippen LogP contribution >= 0.6 is 0 Å². The number of methoxy groups -OCH3 is 2. The Hall–Kier alpha value is -3.16. The molecule has 0 bridgehead atoms. The third kappa shape index (κ3) is 6.99. The van der Waals surface area contributed by atoms with Crippen LogP contribution < -0.4 is 9.47 Å². The highest BCUT2D eigenvalue weighted by atomic mass is 16.5. The standard InChI is InChI=1S/C30H38N2O5/c1-36-23-9-6-21(7-10-23)5-3-4-17-32-18-15-22(27(20-32)30(34)35)8-13-29(33)25-14-16-31-28-12-11-24(37-2)19-26(25)28/h6-7,9-12,14,16,19,22,27,29,33H,3-5,8,13,15,17-18,20H2,1-2H3,(H,34,35)/t22-,27+,29?/m1/s1. The number of unbranched alkanes of at least 4 members (excludes halogenated alkanes) is 1. The molecule has 7 heteroatoms. The van der Waals surface area contributed by atoms with E-state index in [1.807, 2.05) is 36.4 Å². The molecule has 0 radical (unpaired) electrons. The van der Waals surface area contributed by atoms with E-state index in [1.165, 1.54) is 5.56 Å². The molecule has 2 aromatic carbocycles. The average molecular weight is 507 g/mol. The molecule has 0 spiro atoms. The summed E-state index contributed by atoms with van der Waals surface area (Å²) in [6, 6.07) is 15.7. The number of aryl methyl sites for hydroxylation is 1. The minimum absolute atomic E-state index is 0.0605. The third-order valence-corrected chi connectivity index (χ3v) is 7.66. The summed E-state index contributed by atoms with van der Waals surface area (Å²) in [6.45, 7) is 2.40. The summed E-state index contributed by atoms with van der Waals surface area (Å²) in [4.78, 5) is 18.8. The number of carboxylic acid groups (broad SMARTS) is 1. The minimum Gasteiger partial charge on any atom is -0.497 e. The maximum Gasteiger partial charge on any atom is 0.308 e. The number of benzene rings is 2. The molecule has 3 atom stereocenters. The molecule has 2 N–H and O–H groups in total. The van der Waals surface area contributed by atoms with E-state index in [0.29, 0.717) is 19.4 Å². The van der Waals surface area contributed by atoms with Gasteiger partial charge in [-0.2, -0.15) is 0 Å². The van der Waals surface area contributed by atoms with Crippen LogP contribution in [0.15, 0.2) is 54.7 Å². The van der Waals surface area contributed by atoms with E-state index < -0.39 is 18.0 Å². The van der Waals surface area contributed by atoms with Crippen molar-refractivity contribution in [2.45, 2.75) is 44.6 Å². The number of piperidine rings is 1. The maximum absolute atomic E-state index is 12.1. The molecule has 1 aromatic heterocycles. The van der Waals surface area contributed by atoms with Gasteiger partial charge in [0.05, 0.1) is 31.8 Å². The molecule has 3 aromatic rings. The summed E-state index contributed by atoms with van der Waals surface area (Å²) in [5.41, 5.74) is 2.91. The first-order valence-electron chi connectivity index (χ1n) is 13.2. The Kier molecular flexibility index (Phi) is 9.36. The van der Waals surface area contributed by atoms with E-state index >= 15 is 0 Å². The first kappa shape index (κ1) is 26.9. The molecule has 0 amide bonds. The molecule has 1 aliphatic heterocycles. The van der Waals surface area contributed by atoms with Crippen LogP contribution in [0.25, 0.3) is 10.9 Å². The Morgan fingerprint density at radius 1 is 1.08 bits per heavy atom. The summed E-state index contributed by atoms with van der Waals surface area (Å²) < 4.78 is 10.6. The molecule has 1 unspecified atom stereocenters. The van der Waals surface area contributed by atoms with E-state index in [4.69, 9.17) is 9.47 Å². The number of aromatic nitrogens is 1. The number of hydrogen-bond donors (Lipinski definition) is 2. The molecule has 4 rings (SSSR count). The van der Waals surface area contributed by atoms with Crippen molar-refractivity contribution in [2.75, 3.05) is 33.9 Å². The van der Waals surface area contributed by atoms with Gasteiger partial charge in [0.2, 0.25) is 0 Å². The second-order valence-corrected chi connectivity index (χ2v) is 9.98. The van der Waals surface area contributed by atoms with Crippen LogP contribution in [-0.2, 0) is 11.2 Å². The van der Waals surface area contributed by atoms with Crippen molar-refractivity contribution in [1.29, 1.82) is 0 Å². The minimum atomic E-state index is -0.735. The summed E-state index contributed by atoms with van der Waals surface area (Å²) in [7, 11) is 3.29. The van der Waals surface area contributed by atoms with Gasteiger partial charge in [-0.15, -0.1) is 0 Å². The second-order valence-electron chi connectivity index (χ2n) is 9.98. The number of aliphatic carboxylic acids is 1. The van der Waals surface area contributed by atoms with Crippen molar-refractivity contribution in [1.82, 2.24) is 9.88 Å². The lowest BCUT2D eigenvalue weighted by atomic mass is 9.81. The van der Waals surface area contributed by atoms with Gasteiger partial charge in [0.25, 0.3) is 0 Å². The van der Waals surface area contributed by atoms with Crippen molar-refractivity contribution in [3.05, 3.63) is 65.9 Å². The van der Waals surface area contributed by atoms with Crippen molar-refractivity contribution in [2.24, 2.45) is 11.8 Å². The molecule has 0 saturated carbocycles. The van der Waals surface area contributed by atoms with Crippen molar-refractivity contribution < 1.29 is 24.5 Å². The molecule has 7 nitrogen and oxygen atoms in total. The Labute approximate surface area is 219 Å².